The molecule has 0 spiro atoms. The molecule has 2 heterocycles. The zero-order valence-corrected chi connectivity index (χ0v) is 12.6. The molecule has 0 saturated carbocycles. The van der Waals surface area contributed by atoms with Crippen LogP contribution in [0, 0.1) is 6.92 Å². The summed E-state index contributed by atoms with van der Waals surface area (Å²) in [6.45, 7) is 7.21. The fourth-order valence-electron chi connectivity index (χ4n) is 2.24. The zero-order valence-electron chi connectivity index (χ0n) is 12.6. The summed E-state index contributed by atoms with van der Waals surface area (Å²) < 4.78 is 1.65. The summed E-state index contributed by atoms with van der Waals surface area (Å²) in [6.07, 6.45) is 1.70. The van der Waals surface area contributed by atoms with Crippen LogP contribution < -0.4 is 11.3 Å². The van der Waals surface area contributed by atoms with E-state index in [0.717, 1.165) is 31.0 Å². The van der Waals surface area contributed by atoms with Crippen LogP contribution in [0.1, 0.15) is 18.3 Å². The zero-order chi connectivity index (χ0) is 15.2. The van der Waals surface area contributed by atoms with Crippen LogP contribution in [-0.2, 0) is 13.1 Å². The number of nitrogen functional groups attached to an aromatic ring is 1. The maximum absolute atomic E-state index is 11.8. The Morgan fingerprint density at radius 1 is 1.29 bits per heavy atom. The van der Waals surface area contributed by atoms with Gasteiger partial charge in [-0.1, -0.05) is 13.0 Å². The fourth-order valence-corrected chi connectivity index (χ4v) is 2.24. The maximum atomic E-state index is 11.8. The van der Waals surface area contributed by atoms with Gasteiger partial charge in [-0.05, 0) is 31.7 Å². The highest BCUT2D eigenvalue weighted by molar-refractivity contribution is 5.33. The lowest BCUT2D eigenvalue weighted by molar-refractivity contribution is 0.263. The number of hydrogen-bond acceptors (Lipinski definition) is 4. The van der Waals surface area contributed by atoms with Gasteiger partial charge in [0.1, 0.15) is 0 Å². The number of hydrogen-bond donors (Lipinski definition) is 1. The first-order valence-electron chi connectivity index (χ1n) is 7.19. The van der Waals surface area contributed by atoms with Gasteiger partial charge in [-0.3, -0.25) is 14.7 Å². The molecule has 0 radical (unpaired) electrons. The lowest BCUT2D eigenvalue weighted by Gasteiger charge is -2.20. The Morgan fingerprint density at radius 3 is 2.81 bits per heavy atom. The van der Waals surface area contributed by atoms with Crippen molar-refractivity contribution in [3.63, 3.8) is 0 Å². The largest absolute Gasteiger partial charge is 0.398 e. The first-order chi connectivity index (χ1) is 10.1. The van der Waals surface area contributed by atoms with Crippen molar-refractivity contribution in [1.82, 2.24) is 14.5 Å². The van der Waals surface area contributed by atoms with Gasteiger partial charge in [-0.25, -0.2) is 0 Å². The van der Waals surface area contributed by atoms with Gasteiger partial charge in [-0.2, -0.15) is 0 Å². The molecule has 0 aliphatic rings. The normalized spacial score (nSPS) is 11.0. The molecule has 5 heteroatoms. The molecule has 0 saturated heterocycles. The second-order valence-corrected chi connectivity index (χ2v) is 5.13. The van der Waals surface area contributed by atoms with E-state index in [2.05, 4.69) is 16.8 Å². The van der Waals surface area contributed by atoms with Crippen molar-refractivity contribution in [3.05, 3.63) is 58.3 Å². The molecular formula is C16H22N4O. The van der Waals surface area contributed by atoms with Crippen molar-refractivity contribution >= 4 is 5.69 Å². The van der Waals surface area contributed by atoms with Gasteiger partial charge in [0.25, 0.3) is 5.56 Å². The first-order valence-corrected chi connectivity index (χ1v) is 7.19. The predicted molar refractivity (Wildman–Crippen MR) is 85.0 cm³/mol. The Morgan fingerprint density at radius 2 is 2.10 bits per heavy atom. The number of nitrogens with zero attached hydrogens (tertiary/aromatic N) is 3. The van der Waals surface area contributed by atoms with Crippen molar-refractivity contribution in [3.8, 4) is 0 Å². The Balaban J connectivity index is 1.99. The highest BCUT2D eigenvalue weighted by Gasteiger charge is 2.06. The minimum Gasteiger partial charge on any atom is -0.398 e. The fraction of sp³-hybridized carbons (Fsp3) is 0.375. The molecule has 0 aliphatic carbocycles. The topological polar surface area (TPSA) is 64.2 Å². The van der Waals surface area contributed by atoms with E-state index in [9.17, 15) is 4.79 Å². The van der Waals surface area contributed by atoms with Gasteiger partial charge < -0.3 is 10.3 Å². The molecular weight excluding hydrogens is 264 g/mol. The Bertz CT molecular complexity index is 651. The summed E-state index contributed by atoms with van der Waals surface area (Å²) in [5.41, 5.74) is 8.39. The quantitative estimate of drug-likeness (QED) is 0.877. The smallest absolute Gasteiger partial charge is 0.250 e. The molecule has 0 aromatic carbocycles. The van der Waals surface area contributed by atoms with Crippen molar-refractivity contribution in [2.75, 3.05) is 18.8 Å². The molecule has 0 atom stereocenters. The second-order valence-electron chi connectivity index (χ2n) is 5.13. The molecule has 21 heavy (non-hydrogen) atoms. The number of aryl methyl sites for hydroxylation is 1. The van der Waals surface area contributed by atoms with Gasteiger partial charge in [0, 0.05) is 43.3 Å². The van der Waals surface area contributed by atoms with Crippen molar-refractivity contribution < 1.29 is 0 Å². The summed E-state index contributed by atoms with van der Waals surface area (Å²) in [4.78, 5) is 18.5. The van der Waals surface area contributed by atoms with E-state index in [4.69, 9.17) is 5.73 Å². The van der Waals surface area contributed by atoms with Gasteiger partial charge in [0.15, 0.2) is 0 Å². The molecule has 2 rings (SSSR count). The molecule has 5 nitrogen and oxygen atoms in total. The van der Waals surface area contributed by atoms with Gasteiger partial charge in [0.2, 0.25) is 0 Å². The Hall–Kier alpha value is -2.14. The van der Waals surface area contributed by atoms with Crippen molar-refractivity contribution in [2.24, 2.45) is 0 Å². The summed E-state index contributed by atoms with van der Waals surface area (Å²) >= 11 is 0. The van der Waals surface area contributed by atoms with Gasteiger partial charge in [-0.15, -0.1) is 0 Å². The third-order valence-electron chi connectivity index (χ3n) is 3.44. The maximum Gasteiger partial charge on any atom is 0.250 e. The number of likely N-dealkylation sites (N-methyl/N-ethyl adjacent to an activating group) is 1. The summed E-state index contributed by atoms with van der Waals surface area (Å²) in [6, 6.07) is 9.18. The van der Waals surface area contributed by atoms with E-state index < -0.39 is 0 Å². The van der Waals surface area contributed by atoms with Crippen LogP contribution in [0.2, 0.25) is 0 Å². The third-order valence-corrected chi connectivity index (χ3v) is 3.44. The standard InChI is InChI=1S/C16H22N4O/c1-3-19(12-15-6-4-5-13(2)18-15)9-10-20-11-14(17)7-8-16(20)21/h4-8,11H,3,9-10,12,17H2,1-2H3. The van der Waals surface area contributed by atoms with Crippen LogP contribution in [0.4, 0.5) is 5.69 Å². The average Bonchev–Trinajstić information content (AvgIpc) is 2.46. The van der Waals surface area contributed by atoms with E-state index >= 15 is 0 Å². The highest BCUT2D eigenvalue weighted by Crippen LogP contribution is 2.04. The molecule has 0 bridgehead atoms. The third kappa shape index (κ3) is 4.43. The molecule has 0 fully saturated rings. The summed E-state index contributed by atoms with van der Waals surface area (Å²) in [5.74, 6) is 0. The monoisotopic (exact) mass is 286 g/mol. The molecule has 2 aromatic heterocycles. The average molecular weight is 286 g/mol. The van der Waals surface area contributed by atoms with Crippen LogP contribution in [-0.4, -0.2) is 27.5 Å². The first kappa shape index (κ1) is 15.3. The molecule has 0 amide bonds. The minimum absolute atomic E-state index is 0.0195. The number of rotatable bonds is 6. The van der Waals surface area contributed by atoms with E-state index in [1.165, 1.54) is 6.07 Å². The van der Waals surface area contributed by atoms with Crippen LogP contribution in [0.15, 0.2) is 41.3 Å². The van der Waals surface area contributed by atoms with E-state index in [-0.39, 0.29) is 5.56 Å². The number of nitrogens with two attached hydrogens (primary N) is 1. The SMILES string of the molecule is CCN(CCn1cc(N)ccc1=O)Cc1cccc(C)n1. The Labute approximate surface area is 125 Å². The van der Waals surface area contributed by atoms with Crippen molar-refractivity contribution in [2.45, 2.75) is 26.9 Å². The Kier molecular flexibility index (Phi) is 5.11. The van der Waals surface area contributed by atoms with E-state index in [0.29, 0.717) is 12.2 Å². The van der Waals surface area contributed by atoms with Crippen LogP contribution in [0.25, 0.3) is 0 Å². The summed E-state index contributed by atoms with van der Waals surface area (Å²) in [5, 5.41) is 0. The van der Waals surface area contributed by atoms with E-state index in [1.807, 2.05) is 25.1 Å². The predicted octanol–water partition coefficient (Wildman–Crippen LogP) is 1.66. The molecule has 2 N–H and O–H groups in total. The second kappa shape index (κ2) is 7.04. The van der Waals surface area contributed by atoms with Gasteiger partial charge >= 0.3 is 0 Å². The highest BCUT2D eigenvalue weighted by atomic mass is 16.1. The molecule has 2 aromatic rings. The van der Waals surface area contributed by atoms with Crippen LogP contribution in [0.3, 0.4) is 0 Å². The molecule has 0 unspecified atom stereocenters. The van der Waals surface area contributed by atoms with Crippen LogP contribution in [0.5, 0.6) is 0 Å². The lowest BCUT2D eigenvalue weighted by atomic mass is 10.3. The molecule has 112 valence electrons. The number of anilines is 1. The van der Waals surface area contributed by atoms with Crippen molar-refractivity contribution in [1.29, 1.82) is 0 Å². The van der Waals surface area contributed by atoms with E-state index in [1.54, 1.807) is 16.8 Å². The van der Waals surface area contributed by atoms with Crippen LogP contribution >= 0.6 is 0 Å². The lowest BCUT2D eigenvalue weighted by Crippen LogP contribution is -2.30. The van der Waals surface area contributed by atoms with Gasteiger partial charge in [0.05, 0.1) is 5.69 Å². The summed E-state index contributed by atoms with van der Waals surface area (Å²) in [7, 11) is 0. The molecule has 0 aliphatic heterocycles. The number of pyridine rings is 2. The number of aromatic nitrogens is 2. The minimum atomic E-state index is -0.0195.